The van der Waals surface area contributed by atoms with E-state index in [9.17, 15) is 26.0 Å². The van der Waals surface area contributed by atoms with Crippen LogP contribution in [0.3, 0.4) is 0 Å². The van der Waals surface area contributed by atoms with Gasteiger partial charge >= 0.3 is 6.18 Å². The molecule has 0 saturated carbocycles. The van der Waals surface area contributed by atoms with Gasteiger partial charge in [-0.15, -0.1) is 0 Å². The molecule has 1 unspecified atom stereocenters. The highest BCUT2D eigenvalue weighted by Gasteiger charge is 2.39. The second kappa shape index (κ2) is 11.2. The minimum Gasteiger partial charge on any atom is -0.377 e. The maximum absolute atomic E-state index is 13.8. The Bertz CT molecular complexity index is 1590. The second-order valence-corrected chi connectivity index (χ2v) is 13.5. The molecule has 1 aliphatic heterocycles. The number of nitrogens with zero attached hydrogens (tertiary/aromatic N) is 3. The van der Waals surface area contributed by atoms with E-state index in [0.29, 0.717) is 13.0 Å². The summed E-state index contributed by atoms with van der Waals surface area (Å²) in [5, 5.41) is 4.60. The molecule has 0 N–H and O–H groups in total. The summed E-state index contributed by atoms with van der Waals surface area (Å²) in [6.07, 6.45) is 0.969. The average Bonchev–Trinajstić information content (AvgIpc) is 3.69. The minimum atomic E-state index is -4.55. The average molecular weight is 604 g/mol. The van der Waals surface area contributed by atoms with E-state index >= 15 is 0 Å². The molecule has 0 radical (unpaired) electrons. The number of fused-ring (bicyclic) bond motifs is 1. The number of hydrogen-bond donors (Lipinski definition) is 0. The van der Waals surface area contributed by atoms with E-state index in [4.69, 9.17) is 4.74 Å². The van der Waals surface area contributed by atoms with Crippen molar-refractivity contribution in [2.75, 3.05) is 19.7 Å². The zero-order chi connectivity index (χ0) is 29.6. The third-order valence-electron chi connectivity index (χ3n) is 8.78. The van der Waals surface area contributed by atoms with E-state index in [1.807, 2.05) is 10.9 Å². The topological polar surface area (TPSA) is 64.4 Å². The molecule has 224 valence electrons. The van der Waals surface area contributed by atoms with Crippen LogP contribution >= 0.6 is 0 Å². The molecule has 6 nitrogen and oxygen atoms in total. The van der Waals surface area contributed by atoms with Gasteiger partial charge in [0.05, 0.1) is 35.0 Å². The van der Waals surface area contributed by atoms with Crippen LogP contribution in [0.15, 0.2) is 65.9 Å². The van der Waals surface area contributed by atoms with Crippen molar-refractivity contribution in [1.82, 2.24) is 14.1 Å². The van der Waals surface area contributed by atoms with Crippen molar-refractivity contribution in [3.05, 3.63) is 94.1 Å². The highest BCUT2D eigenvalue weighted by Crippen LogP contribution is 2.47. The largest absolute Gasteiger partial charge is 0.416 e. The first-order chi connectivity index (χ1) is 20.0. The Morgan fingerprint density at radius 3 is 2.60 bits per heavy atom. The van der Waals surface area contributed by atoms with Crippen LogP contribution in [-0.2, 0) is 33.1 Å². The van der Waals surface area contributed by atoms with Crippen molar-refractivity contribution in [2.45, 2.75) is 63.0 Å². The Morgan fingerprint density at radius 2 is 1.88 bits per heavy atom. The number of benzene rings is 2. The molecule has 6 rings (SSSR count). The van der Waals surface area contributed by atoms with Crippen molar-refractivity contribution in [1.29, 1.82) is 0 Å². The fraction of sp³-hybridized carbons (Fsp3) is 0.452. The van der Waals surface area contributed by atoms with Gasteiger partial charge in [0, 0.05) is 37.6 Å². The van der Waals surface area contributed by atoms with Gasteiger partial charge in [0.2, 0.25) is 10.0 Å². The van der Waals surface area contributed by atoms with E-state index in [-0.39, 0.29) is 42.4 Å². The summed E-state index contributed by atoms with van der Waals surface area (Å²) in [4.78, 5) is 0. The zero-order valence-corrected chi connectivity index (χ0v) is 24.1. The van der Waals surface area contributed by atoms with Crippen LogP contribution < -0.4 is 0 Å². The van der Waals surface area contributed by atoms with Gasteiger partial charge in [-0.1, -0.05) is 36.3 Å². The zero-order valence-electron chi connectivity index (χ0n) is 23.3. The van der Waals surface area contributed by atoms with Crippen LogP contribution in [-0.4, -0.2) is 48.3 Å². The number of sulfonamides is 1. The molecular weight excluding hydrogens is 570 g/mol. The summed E-state index contributed by atoms with van der Waals surface area (Å²) >= 11 is 0. The number of alkyl halides is 3. The molecule has 3 atom stereocenters. The van der Waals surface area contributed by atoms with Crippen molar-refractivity contribution in [3.63, 3.8) is 0 Å². The second-order valence-electron chi connectivity index (χ2n) is 11.5. The number of allylic oxidation sites excluding steroid dienone is 1. The minimum absolute atomic E-state index is 0.0185. The van der Waals surface area contributed by atoms with Gasteiger partial charge in [0.25, 0.3) is 0 Å². The van der Waals surface area contributed by atoms with Crippen molar-refractivity contribution >= 4 is 10.0 Å². The van der Waals surface area contributed by atoms with Crippen molar-refractivity contribution in [2.24, 2.45) is 5.92 Å². The molecule has 42 heavy (non-hydrogen) atoms. The molecule has 2 heterocycles. The van der Waals surface area contributed by atoms with Crippen molar-refractivity contribution < 1.29 is 30.7 Å². The molecule has 3 aliphatic rings. The molecule has 2 aromatic carbocycles. The smallest absolute Gasteiger partial charge is 0.377 e. The van der Waals surface area contributed by atoms with Crippen LogP contribution in [0.25, 0.3) is 5.69 Å². The van der Waals surface area contributed by atoms with E-state index in [0.717, 1.165) is 54.8 Å². The highest BCUT2D eigenvalue weighted by molar-refractivity contribution is 7.88. The van der Waals surface area contributed by atoms with Gasteiger partial charge in [0.15, 0.2) is 0 Å². The Hall–Kier alpha value is -3.02. The lowest BCUT2D eigenvalue weighted by Crippen LogP contribution is -2.41. The van der Waals surface area contributed by atoms with Gasteiger partial charge in [-0.3, -0.25) is 0 Å². The van der Waals surface area contributed by atoms with Crippen LogP contribution in [0.1, 0.15) is 60.9 Å². The molecule has 1 aromatic heterocycles. The van der Waals surface area contributed by atoms with Gasteiger partial charge < -0.3 is 4.74 Å². The fourth-order valence-corrected chi connectivity index (χ4v) is 8.36. The predicted octanol–water partition coefficient (Wildman–Crippen LogP) is 6.41. The Morgan fingerprint density at radius 1 is 1.10 bits per heavy atom. The summed E-state index contributed by atoms with van der Waals surface area (Å²) in [6.45, 7) is 3.13. The van der Waals surface area contributed by atoms with Crippen LogP contribution in [0.4, 0.5) is 17.6 Å². The Balaban J connectivity index is 1.26. The summed E-state index contributed by atoms with van der Waals surface area (Å²) in [5.41, 5.74) is 4.66. The maximum Gasteiger partial charge on any atom is 0.416 e. The Labute approximate surface area is 243 Å². The van der Waals surface area contributed by atoms with E-state index < -0.39 is 27.5 Å². The SMILES string of the molecule is C[C@@H]1C2=C(CC[C@@H]2CN(CC2CCCO2)S(=O)(=O)Cc2cccc(C(F)(F)F)c2)Cc2c1cnn2-c1ccc(F)cc1. The van der Waals surface area contributed by atoms with E-state index in [2.05, 4.69) is 12.0 Å². The molecule has 0 spiro atoms. The number of aromatic nitrogens is 2. The lowest BCUT2D eigenvalue weighted by molar-refractivity contribution is -0.137. The number of ether oxygens (including phenoxy) is 1. The standard InChI is InChI=1S/C31H33F4N3O3S/c1-20-28-16-36-38(26-11-9-25(32)10-12-26)29(28)15-22-7-8-23(30(20)22)17-37(18-27-6-3-13-41-27)42(39,40)19-21-4-2-5-24(14-21)31(33,34)35/h2,4-5,9-12,14,16,20,23,27H,3,6-8,13,15,17-19H2,1H3/t20-,23+,27?/m0/s1. The van der Waals surface area contributed by atoms with Gasteiger partial charge in [-0.05, 0) is 67.5 Å². The quantitative estimate of drug-likeness (QED) is 0.221. The fourth-order valence-electron chi connectivity index (χ4n) is 6.78. The molecule has 1 fully saturated rings. The summed E-state index contributed by atoms with van der Waals surface area (Å²) in [7, 11) is -3.95. The van der Waals surface area contributed by atoms with Crippen LogP contribution in [0, 0.1) is 11.7 Å². The molecule has 11 heteroatoms. The molecular formula is C31H33F4N3O3S. The first-order valence-corrected chi connectivity index (χ1v) is 15.9. The molecule has 2 aliphatic carbocycles. The van der Waals surface area contributed by atoms with Gasteiger partial charge in [0.1, 0.15) is 5.82 Å². The molecule has 3 aromatic rings. The number of halogens is 4. The highest BCUT2D eigenvalue weighted by atomic mass is 32.2. The monoisotopic (exact) mass is 603 g/mol. The summed E-state index contributed by atoms with van der Waals surface area (Å²) < 4.78 is 90.1. The first-order valence-electron chi connectivity index (χ1n) is 14.3. The first kappa shape index (κ1) is 29.1. The van der Waals surface area contributed by atoms with Gasteiger partial charge in [-0.2, -0.15) is 22.6 Å². The molecule has 0 amide bonds. The van der Waals surface area contributed by atoms with Crippen LogP contribution in [0.5, 0.6) is 0 Å². The summed E-state index contributed by atoms with van der Waals surface area (Å²) in [5.74, 6) is -0.810. The predicted molar refractivity (Wildman–Crippen MR) is 150 cm³/mol. The lowest BCUT2D eigenvalue weighted by Gasteiger charge is -2.31. The molecule has 0 bridgehead atoms. The lowest BCUT2D eigenvalue weighted by atomic mass is 9.80. The number of rotatable bonds is 8. The Kier molecular flexibility index (Phi) is 7.78. The van der Waals surface area contributed by atoms with Crippen LogP contribution in [0.2, 0.25) is 0 Å². The third kappa shape index (κ3) is 5.78. The van der Waals surface area contributed by atoms with E-state index in [1.54, 1.807) is 12.1 Å². The number of hydrogen-bond acceptors (Lipinski definition) is 4. The normalized spacial score (nSPS) is 22.6. The maximum atomic E-state index is 13.8. The summed E-state index contributed by atoms with van der Waals surface area (Å²) in [6, 6.07) is 10.8. The van der Waals surface area contributed by atoms with Crippen molar-refractivity contribution in [3.8, 4) is 5.69 Å². The van der Waals surface area contributed by atoms with Gasteiger partial charge in [-0.25, -0.2) is 17.5 Å². The third-order valence-corrected chi connectivity index (χ3v) is 10.6. The van der Waals surface area contributed by atoms with E-state index in [1.165, 1.54) is 39.7 Å². The molecule has 1 saturated heterocycles.